The summed E-state index contributed by atoms with van der Waals surface area (Å²) in [5.41, 5.74) is 10.7. The summed E-state index contributed by atoms with van der Waals surface area (Å²) in [5, 5.41) is 34.8. The summed E-state index contributed by atoms with van der Waals surface area (Å²) in [7, 11) is 2.15. The second kappa shape index (κ2) is 11.2. The van der Waals surface area contributed by atoms with Crippen LogP contribution in [0.2, 0.25) is 0 Å². The third kappa shape index (κ3) is 4.70. The number of aliphatic hydroxyl groups excluding tert-OH is 1. The maximum absolute atomic E-state index is 10.0. The highest BCUT2D eigenvalue weighted by atomic mass is 32.1. The lowest BCUT2D eigenvalue weighted by Crippen LogP contribution is -2.29. The van der Waals surface area contributed by atoms with Gasteiger partial charge in [0.05, 0.1) is 36.0 Å². The van der Waals surface area contributed by atoms with Crippen LogP contribution in [0.4, 0.5) is 5.00 Å². The van der Waals surface area contributed by atoms with E-state index >= 15 is 0 Å². The van der Waals surface area contributed by atoms with Gasteiger partial charge in [-0.25, -0.2) is 19.3 Å². The lowest BCUT2D eigenvalue weighted by Gasteiger charge is -2.22. The third-order valence-electron chi connectivity index (χ3n) is 8.81. The fourth-order valence-corrected chi connectivity index (χ4v) is 7.82. The number of nitrogen functional groups attached to an aromatic ring is 1. The molecule has 2 aliphatic rings. The minimum Gasteiger partial charge on any atom is -0.390 e. The number of hydrogen-bond acceptors (Lipinski definition) is 11. The molecule has 3 N–H and O–H groups in total. The smallest absolute Gasteiger partial charge is 0.186 e. The lowest BCUT2D eigenvalue weighted by molar-refractivity contribution is 0.276. The number of thiophene rings is 1. The van der Waals surface area contributed by atoms with E-state index in [2.05, 4.69) is 35.2 Å². The van der Waals surface area contributed by atoms with Crippen molar-refractivity contribution < 1.29 is 9.63 Å². The maximum Gasteiger partial charge on any atom is 0.186 e. The SMILES string of the molecule is CCCc1sc(N)c(C#N)c1C1CCCc2c(-c3nc(-n4ccc(CO)n4)c4cnn(CC5CCCN5C)c4n3)noc21. The Hall–Kier alpha value is -4.12. The molecule has 7 rings (SSSR count). The van der Waals surface area contributed by atoms with E-state index in [1.807, 2.05) is 4.68 Å². The molecule has 6 heterocycles. The Morgan fingerprint density at radius 3 is 2.88 bits per heavy atom. The van der Waals surface area contributed by atoms with Crippen LogP contribution in [0, 0.1) is 11.3 Å². The number of nitrogens with zero attached hydrogens (tertiary/aromatic N) is 9. The number of aryl methyl sites for hydroxylation is 1. The second-order valence-corrected chi connectivity index (χ2v) is 12.6. The molecule has 12 nitrogen and oxygen atoms in total. The molecule has 2 unspecified atom stereocenters. The molecular formula is C30H34N10O2S. The van der Waals surface area contributed by atoms with Gasteiger partial charge in [0, 0.05) is 28.6 Å². The number of fused-ring (bicyclic) bond motifs is 2. The van der Waals surface area contributed by atoms with Crippen LogP contribution in [0.15, 0.2) is 23.0 Å². The molecule has 0 amide bonds. The number of anilines is 1. The number of nitriles is 1. The largest absolute Gasteiger partial charge is 0.390 e. The zero-order valence-electron chi connectivity index (χ0n) is 24.3. The molecule has 1 aliphatic heterocycles. The molecule has 1 saturated heterocycles. The van der Waals surface area contributed by atoms with Gasteiger partial charge in [-0.2, -0.15) is 15.5 Å². The van der Waals surface area contributed by atoms with Crippen LogP contribution in [-0.4, -0.2) is 64.3 Å². The highest BCUT2D eigenvalue weighted by Crippen LogP contribution is 2.46. The van der Waals surface area contributed by atoms with Gasteiger partial charge in [-0.1, -0.05) is 18.5 Å². The molecule has 2 atom stereocenters. The average Bonchev–Trinajstić information content (AvgIpc) is 3.84. The van der Waals surface area contributed by atoms with Gasteiger partial charge in [-0.15, -0.1) is 11.3 Å². The number of likely N-dealkylation sites (tertiary alicyclic amines) is 1. The molecule has 5 aromatic heterocycles. The number of aliphatic hydroxyl groups is 1. The van der Waals surface area contributed by atoms with Gasteiger partial charge < -0.3 is 20.3 Å². The molecule has 0 radical (unpaired) electrons. The molecule has 5 aromatic rings. The number of hydrogen-bond donors (Lipinski definition) is 2. The topological polar surface area (TPSA) is 161 Å². The molecule has 0 spiro atoms. The monoisotopic (exact) mass is 598 g/mol. The minimum absolute atomic E-state index is 0.0976. The molecule has 0 saturated carbocycles. The summed E-state index contributed by atoms with van der Waals surface area (Å²) >= 11 is 1.51. The van der Waals surface area contributed by atoms with Gasteiger partial charge in [0.2, 0.25) is 0 Å². The van der Waals surface area contributed by atoms with Crippen LogP contribution in [0.25, 0.3) is 28.4 Å². The molecular weight excluding hydrogens is 564 g/mol. The number of rotatable bonds is 8. The Morgan fingerprint density at radius 2 is 2.14 bits per heavy atom. The molecule has 1 fully saturated rings. The maximum atomic E-state index is 10.0. The second-order valence-electron chi connectivity index (χ2n) is 11.5. The summed E-state index contributed by atoms with van der Waals surface area (Å²) in [4.78, 5) is 13.5. The fraction of sp³-hybridized carbons (Fsp3) is 0.467. The standard InChI is InChI=1S/C30H34N10O2S/c1-3-6-23-24(21(13-31)27(32)43-23)19-8-4-9-20-25(37-42-26(19)20)28-34-29(39-12-10-17(16-41)36-39)22-14-33-40(30(22)35-28)15-18-7-5-11-38(18)2/h10,12,14,18-19,41H,3-9,11,15-16,32H2,1-2H3. The van der Waals surface area contributed by atoms with Gasteiger partial charge in [0.1, 0.15) is 16.8 Å². The first kappa shape index (κ1) is 27.7. The van der Waals surface area contributed by atoms with Crippen LogP contribution >= 0.6 is 11.3 Å². The van der Waals surface area contributed by atoms with Crippen LogP contribution in [-0.2, 0) is 26.0 Å². The molecule has 1 aliphatic carbocycles. The Balaban J connectivity index is 1.36. The number of likely N-dealkylation sites (N-methyl/N-ethyl adjacent to an activating group) is 1. The van der Waals surface area contributed by atoms with Gasteiger partial charge in [0.25, 0.3) is 0 Å². The first-order chi connectivity index (χ1) is 21.0. The summed E-state index contributed by atoms with van der Waals surface area (Å²) in [6.45, 7) is 3.75. The van der Waals surface area contributed by atoms with E-state index in [-0.39, 0.29) is 12.5 Å². The minimum atomic E-state index is -0.169. The van der Waals surface area contributed by atoms with Crippen LogP contribution in [0.5, 0.6) is 0 Å². The van der Waals surface area contributed by atoms with Crippen molar-refractivity contribution >= 4 is 27.4 Å². The van der Waals surface area contributed by atoms with Gasteiger partial charge in [0.15, 0.2) is 23.0 Å². The van der Waals surface area contributed by atoms with E-state index in [0.29, 0.717) is 51.8 Å². The van der Waals surface area contributed by atoms with Crippen molar-refractivity contribution in [3.05, 3.63) is 51.5 Å². The Kier molecular flexibility index (Phi) is 7.20. The third-order valence-corrected chi connectivity index (χ3v) is 9.90. The predicted molar refractivity (Wildman–Crippen MR) is 162 cm³/mol. The van der Waals surface area contributed by atoms with E-state index in [1.165, 1.54) is 17.8 Å². The highest BCUT2D eigenvalue weighted by molar-refractivity contribution is 7.16. The fourth-order valence-electron chi connectivity index (χ4n) is 6.64. The van der Waals surface area contributed by atoms with E-state index in [9.17, 15) is 10.4 Å². The van der Waals surface area contributed by atoms with Crippen molar-refractivity contribution in [2.24, 2.45) is 0 Å². The summed E-state index contributed by atoms with van der Waals surface area (Å²) in [6, 6.07) is 4.50. The van der Waals surface area contributed by atoms with E-state index in [4.69, 9.17) is 25.3 Å². The molecule has 0 aromatic carbocycles. The summed E-state index contributed by atoms with van der Waals surface area (Å²) in [5.74, 6) is 1.67. The van der Waals surface area contributed by atoms with Gasteiger partial charge >= 0.3 is 0 Å². The van der Waals surface area contributed by atoms with E-state index in [0.717, 1.165) is 72.2 Å². The predicted octanol–water partition coefficient (Wildman–Crippen LogP) is 4.19. The first-order valence-electron chi connectivity index (χ1n) is 14.9. The van der Waals surface area contributed by atoms with Crippen LogP contribution in [0.3, 0.4) is 0 Å². The van der Waals surface area contributed by atoms with Crippen molar-refractivity contribution in [3.8, 4) is 23.4 Å². The first-order valence-corrected chi connectivity index (χ1v) is 15.7. The lowest BCUT2D eigenvalue weighted by atomic mass is 9.81. The quantitative estimate of drug-likeness (QED) is 0.265. The van der Waals surface area contributed by atoms with Gasteiger partial charge in [-0.05, 0) is 63.7 Å². The van der Waals surface area contributed by atoms with Crippen molar-refractivity contribution in [3.63, 3.8) is 0 Å². The molecule has 43 heavy (non-hydrogen) atoms. The zero-order chi connectivity index (χ0) is 29.7. The number of aromatic nitrogens is 7. The van der Waals surface area contributed by atoms with Crippen molar-refractivity contribution in [1.82, 2.24) is 39.6 Å². The summed E-state index contributed by atoms with van der Waals surface area (Å²) < 4.78 is 9.71. The Morgan fingerprint density at radius 1 is 1.26 bits per heavy atom. The highest BCUT2D eigenvalue weighted by Gasteiger charge is 2.35. The van der Waals surface area contributed by atoms with Crippen molar-refractivity contribution in [1.29, 1.82) is 5.26 Å². The number of nitrogens with two attached hydrogens (primary N) is 1. The van der Waals surface area contributed by atoms with Gasteiger partial charge in [-0.3, -0.25) is 0 Å². The molecule has 0 bridgehead atoms. The normalized spacial score (nSPS) is 18.8. The van der Waals surface area contributed by atoms with E-state index in [1.54, 1.807) is 23.1 Å². The zero-order valence-corrected chi connectivity index (χ0v) is 25.1. The van der Waals surface area contributed by atoms with Crippen molar-refractivity contribution in [2.75, 3.05) is 19.3 Å². The molecule has 222 valence electrons. The Bertz CT molecular complexity index is 1840. The molecule has 13 heteroatoms. The summed E-state index contributed by atoms with van der Waals surface area (Å²) in [6.07, 6.45) is 10.2. The Labute approximate surface area is 252 Å². The van der Waals surface area contributed by atoms with Crippen LogP contribution in [0.1, 0.15) is 78.0 Å². The average molecular weight is 599 g/mol. The van der Waals surface area contributed by atoms with Crippen LogP contribution < -0.4 is 5.73 Å². The van der Waals surface area contributed by atoms with E-state index < -0.39 is 0 Å². The van der Waals surface area contributed by atoms with Crippen molar-refractivity contribution in [2.45, 2.75) is 77.0 Å².